The highest BCUT2D eigenvalue weighted by molar-refractivity contribution is 6.08. The van der Waals surface area contributed by atoms with Gasteiger partial charge in [-0.15, -0.1) is 0 Å². The number of pyridine rings is 1. The Bertz CT molecular complexity index is 1060. The van der Waals surface area contributed by atoms with Crippen LogP contribution in [0.5, 0.6) is 0 Å². The minimum Gasteiger partial charge on any atom is -0.189 e. The summed E-state index contributed by atoms with van der Waals surface area (Å²) in [6, 6.07) is 22.7. The van der Waals surface area contributed by atoms with Gasteiger partial charge in [-0.2, -0.15) is 4.57 Å². The fourth-order valence-electron chi connectivity index (χ4n) is 4.47. The van der Waals surface area contributed by atoms with Gasteiger partial charge in [-0.25, -0.2) is 0 Å². The van der Waals surface area contributed by atoms with Gasteiger partial charge in [-0.1, -0.05) is 42.0 Å². The summed E-state index contributed by atoms with van der Waals surface area (Å²) in [4.78, 5) is 0. The van der Waals surface area contributed by atoms with Gasteiger partial charge >= 0.3 is 0 Å². The average molecular weight is 340 g/mol. The molecule has 0 bridgehead atoms. The molecule has 1 heteroatoms. The van der Waals surface area contributed by atoms with Gasteiger partial charge in [-0.05, 0) is 63.4 Å². The lowest BCUT2D eigenvalue weighted by molar-refractivity contribution is -0.666. The smallest absolute Gasteiger partial charge is 0.189 e. The fraction of sp³-hybridized carbons (Fsp3) is 0.240. The number of fused-ring (bicyclic) bond motifs is 2. The van der Waals surface area contributed by atoms with Gasteiger partial charge in [0.15, 0.2) is 6.04 Å². The summed E-state index contributed by atoms with van der Waals surface area (Å²) in [5.74, 6) is 0. The lowest BCUT2D eigenvalue weighted by Gasteiger charge is -2.17. The van der Waals surface area contributed by atoms with Gasteiger partial charge in [-0.3, -0.25) is 0 Å². The molecule has 0 unspecified atom stereocenters. The van der Waals surface area contributed by atoms with Crippen LogP contribution in [0, 0.1) is 20.8 Å². The molecule has 0 saturated heterocycles. The molecule has 0 N–H and O–H groups in total. The molecule has 0 aliphatic rings. The molecule has 4 rings (SSSR count). The molecule has 4 aromatic rings. The number of para-hydroxylation sites is 2. The number of nitrogens with zero attached hydrogens (tertiary/aromatic N) is 1. The minimum atomic E-state index is 0.402. The first-order valence-corrected chi connectivity index (χ1v) is 9.42. The van der Waals surface area contributed by atoms with Crippen molar-refractivity contribution in [3.05, 3.63) is 77.4 Å². The van der Waals surface area contributed by atoms with Crippen molar-refractivity contribution < 1.29 is 4.57 Å². The van der Waals surface area contributed by atoms with Gasteiger partial charge in [0.2, 0.25) is 11.0 Å². The predicted molar refractivity (Wildman–Crippen MR) is 112 cm³/mol. The van der Waals surface area contributed by atoms with Crippen LogP contribution in [-0.4, -0.2) is 0 Å². The van der Waals surface area contributed by atoms with E-state index in [-0.39, 0.29) is 0 Å². The molecular weight excluding hydrogens is 314 g/mol. The first kappa shape index (κ1) is 16.8. The van der Waals surface area contributed by atoms with E-state index < -0.39 is 0 Å². The van der Waals surface area contributed by atoms with E-state index in [1.807, 2.05) is 0 Å². The van der Waals surface area contributed by atoms with E-state index in [0.717, 1.165) is 0 Å². The highest BCUT2D eigenvalue weighted by Crippen LogP contribution is 2.38. The van der Waals surface area contributed by atoms with Crippen molar-refractivity contribution in [3.8, 4) is 11.1 Å². The third-order valence-corrected chi connectivity index (χ3v) is 5.31. The molecule has 0 saturated carbocycles. The van der Waals surface area contributed by atoms with E-state index in [4.69, 9.17) is 0 Å². The lowest BCUT2D eigenvalue weighted by Crippen LogP contribution is -2.38. The summed E-state index contributed by atoms with van der Waals surface area (Å²) in [5, 5.41) is 2.66. The maximum Gasteiger partial charge on any atom is 0.213 e. The zero-order valence-corrected chi connectivity index (χ0v) is 16.3. The van der Waals surface area contributed by atoms with Crippen molar-refractivity contribution in [1.82, 2.24) is 0 Å². The predicted octanol–water partition coefficient (Wildman–Crippen LogP) is 6.45. The van der Waals surface area contributed by atoms with Crippen molar-refractivity contribution in [2.24, 2.45) is 0 Å². The summed E-state index contributed by atoms with van der Waals surface area (Å²) in [6.07, 6.45) is 0. The van der Waals surface area contributed by atoms with Crippen LogP contribution >= 0.6 is 0 Å². The summed E-state index contributed by atoms with van der Waals surface area (Å²) in [6.45, 7) is 11.2. The quantitative estimate of drug-likeness (QED) is 0.291. The van der Waals surface area contributed by atoms with E-state index in [1.54, 1.807) is 0 Å². The Morgan fingerprint density at radius 3 is 1.58 bits per heavy atom. The molecule has 3 aromatic carbocycles. The summed E-state index contributed by atoms with van der Waals surface area (Å²) in [7, 11) is 0. The molecule has 0 radical (unpaired) electrons. The largest absolute Gasteiger partial charge is 0.213 e. The molecular formula is C25H26N+. The number of hydrogen-bond acceptors (Lipinski definition) is 0. The molecule has 130 valence electrons. The first-order valence-electron chi connectivity index (χ1n) is 9.42. The van der Waals surface area contributed by atoms with Gasteiger partial charge in [0.25, 0.3) is 0 Å². The SMILES string of the molecule is Cc1cc(C)c(-c2c3ccccc3[n+](C(C)C)c3ccccc23)c(C)c1. The number of aryl methyl sites for hydroxylation is 3. The molecule has 0 aliphatic carbocycles. The van der Waals surface area contributed by atoms with Crippen LogP contribution < -0.4 is 4.57 Å². The average Bonchev–Trinajstić information content (AvgIpc) is 2.60. The van der Waals surface area contributed by atoms with Crippen LogP contribution in [0.25, 0.3) is 32.9 Å². The Hall–Kier alpha value is -2.67. The number of rotatable bonds is 2. The second-order valence-electron chi connectivity index (χ2n) is 7.65. The molecule has 1 heterocycles. The maximum atomic E-state index is 2.47. The minimum absolute atomic E-state index is 0.402. The number of benzene rings is 3. The molecule has 1 nitrogen and oxygen atoms in total. The van der Waals surface area contributed by atoms with Crippen molar-refractivity contribution in [1.29, 1.82) is 0 Å². The standard InChI is InChI=1S/C25H26N/c1-16(2)26-22-12-8-6-10-20(22)25(21-11-7-9-13-23(21)26)24-18(4)14-17(3)15-19(24)5/h6-16H,1-5H3/q+1. The molecule has 0 aliphatic heterocycles. The van der Waals surface area contributed by atoms with Crippen LogP contribution in [0.3, 0.4) is 0 Å². The summed E-state index contributed by atoms with van der Waals surface area (Å²) >= 11 is 0. The molecule has 0 amide bonds. The maximum absolute atomic E-state index is 2.47. The Morgan fingerprint density at radius 2 is 1.12 bits per heavy atom. The van der Waals surface area contributed by atoms with Gasteiger partial charge in [0.1, 0.15) is 0 Å². The lowest BCUT2D eigenvalue weighted by atomic mass is 9.88. The number of aromatic nitrogens is 1. The Labute approximate surface area is 155 Å². The second-order valence-corrected chi connectivity index (χ2v) is 7.65. The Morgan fingerprint density at radius 1 is 0.654 bits per heavy atom. The van der Waals surface area contributed by atoms with Crippen LogP contribution in [0.4, 0.5) is 0 Å². The monoisotopic (exact) mass is 340 g/mol. The zero-order valence-electron chi connectivity index (χ0n) is 16.3. The van der Waals surface area contributed by atoms with Crippen LogP contribution in [0.1, 0.15) is 36.6 Å². The molecule has 1 aromatic heterocycles. The molecule has 26 heavy (non-hydrogen) atoms. The highest BCUT2D eigenvalue weighted by Gasteiger charge is 2.24. The van der Waals surface area contributed by atoms with Gasteiger partial charge in [0.05, 0.1) is 10.8 Å². The van der Waals surface area contributed by atoms with E-state index in [2.05, 4.69) is 99.8 Å². The third-order valence-electron chi connectivity index (χ3n) is 5.31. The van der Waals surface area contributed by atoms with E-state index in [1.165, 1.54) is 49.6 Å². The van der Waals surface area contributed by atoms with Gasteiger partial charge < -0.3 is 0 Å². The van der Waals surface area contributed by atoms with Gasteiger partial charge in [0, 0.05) is 17.7 Å². The third kappa shape index (κ3) is 2.50. The van der Waals surface area contributed by atoms with Crippen LogP contribution in [-0.2, 0) is 0 Å². The van der Waals surface area contributed by atoms with Crippen LogP contribution in [0.15, 0.2) is 60.7 Å². The van der Waals surface area contributed by atoms with E-state index in [9.17, 15) is 0 Å². The Balaban J connectivity index is 2.29. The molecule has 0 atom stereocenters. The highest BCUT2D eigenvalue weighted by atomic mass is 15.0. The molecule has 0 spiro atoms. The van der Waals surface area contributed by atoms with Crippen molar-refractivity contribution >= 4 is 21.8 Å². The van der Waals surface area contributed by atoms with E-state index in [0.29, 0.717) is 6.04 Å². The van der Waals surface area contributed by atoms with Crippen molar-refractivity contribution in [3.63, 3.8) is 0 Å². The zero-order chi connectivity index (χ0) is 18.4. The molecule has 0 fully saturated rings. The summed E-state index contributed by atoms with van der Waals surface area (Å²) in [5.41, 5.74) is 9.36. The topological polar surface area (TPSA) is 3.88 Å². The summed E-state index contributed by atoms with van der Waals surface area (Å²) < 4.78 is 2.47. The van der Waals surface area contributed by atoms with Crippen molar-refractivity contribution in [2.45, 2.75) is 40.7 Å². The van der Waals surface area contributed by atoms with Crippen LogP contribution in [0.2, 0.25) is 0 Å². The normalized spacial score (nSPS) is 11.6. The van der Waals surface area contributed by atoms with E-state index >= 15 is 0 Å². The van der Waals surface area contributed by atoms with Crippen molar-refractivity contribution in [2.75, 3.05) is 0 Å². The number of hydrogen-bond donors (Lipinski definition) is 0. The second kappa shape index (κ2) is 6.25. The fourth-order valence-corrected chi connectivity index (χ4v) is 4.47. The first-order chi connectivity index (χ1) is 12.5. The Kier molecular flexibility index (Phi) is 4.03.